The van der Waals surface area contributed by atoms with Crippen LogP contribution >= 0.6 is 0 Å². The summed E-state index contributed by atoms with van der Waals surface area (Å²) in [5.41, 5.74) is 8.77. The van der Waals surface area contributed by atoms with E-state index >= 15 is 0 Å². The Morgan fingerprint density at radius 1 is 1.22 bits per heavy atom. The Labute approximate surface area is 215 Å². The molecule has 1 unspecified atom stereocenters. The number of pyridine rings is 2. The molecule has 1 aromatic carbocycles. The molecule has 1 saturated heterocycles. The third-order valence-electron chi connectivity index (χ3n) is 7.35. The van der Waals surface area contributed by atoms with E-state index in [1.54, 1.807) is 7.11 Å². The Morgan fingerprint density at radius 2 is 2.14 bits per heavy atom. The molecule has 0 saturated carbocycles. The summed E-state index contributed by atoms with van der Waals surface area (Å²) in [4.78, 5) is 24.3. The van der Waals surface area contributed by atoms with E-state index < -0.39 is 0 Å². The maximum Gasteiger partial charge on any atom is 0.318 e. The highest BCUT2D eigenvalue weighted by molar-refractivity contribution is 5.93. The van der Waals surface area contributed by atoms with E-state index in [2.05, 4.69) is 39.0 Å². The highest BCUT2D eigenvalue weighted by Crippen LogP contribution is 2.38. The molecule has 4 aromatic rings. The van der Waals surface area contributed by atoms with E-state index in [1.165, 1.54) is 17.5 Å². The minimum absolute atomic E-state index is 0.0590. The summed E-state index contributed by atoms with van der Waals surface area (Å²) in [5.74, 6) is 0.728. The third-order valence-corrected chi connectivity index (χ3v) is 7.35. The lowest BCUT2D eigenvalue weighted by atomic mass is 9.99. The van der Waals surface area contributed by atoms with Gasteiger partial charge in [0.2, 0.25) is 0 Å². The largest absolute Gasteiger partial charge is 0.494 e. The number of hydrogen-bond acceptors (Lipinski definition) is 6. The highest BCUT2D eigenvalue weighted by Gasteiger charge is 2.29. The summed E-state index contributed by atoms with van der Waals surface area (Å²) >= 11 is 0. The second-order valence-electron chi connectivity index (χ2n) is 9.52. The van der Waals surface area contributed by atoms with Crippen molar-refractivity contribution in [3.63, 3.8) is 0 Å². The van der Waals surface area contributed by atoms with Crippen LogP contribution in [0.3, 0.4) is 0 Å². The zero-order chi connectivity index (χ0) is 25.4. The number of piperazine rings is 1. The van der Waals surface area contributed by atoms with Crippen LogP contribution in [0.4, 0.5) is 4.79 Å². The highest BCUT2D eigenvalue weighted by atomic mass is 16.5. The summed E-state index contributed by atoms with van der Waals surface area (Å²) in [6.45, 7) is 4.60. The molecule has 9 heteroatoms. The van der Waals surface area contributed by atoms with Crippen molar-refractivity contribution in [1.29, 1.82) is 0 Å². The lowest BCUT2D eigenvalue weighted by Crippen LogP contribution is -2.52. The molecule has 1 aliphatic carbocycles. The van der Waals surface area contributed by atoms with E-state index in [1.807, 2.05) is 36.2 Å². The van der Waals surface area contributed by atoms with Gasteiger partial charge in [-0.2, -0.15) is 5.10 Å². The molecule has 0 bridgehead atoms. The minimum Gasteiger partial charge on any atom is -0.494 e. The molecular weight excluding hydrogens is 466 g/mol. The number of carbonyl (C=O) groups is 1. The topological polar surface area (TPSA) is 108 Å². The fourth-order valence-electron chi connectivity index (χ4n) is 5.53. The molecule has 1 aliphatic heterocycles. The van der Waals surface area contributed by atoms with Crippen molar-refractivity contribution in [2.45, 2.75) is 32.2 Å². The van der Waals surface area contributed by atoms with Gasteiger partial charge in [-0.1, -0.05) is 18.2 Å². The lowest BCUT2D eigenvalue weighted by molar-refractivity contribution is 0.157. The second-order valence-corrected chi connectivity index (χ2v) is 9.52. The number of fused-ring (bicyclic) bond motifs is 2. The fourth-order valence-corrected chi connectivity index (χ4v) is 5.53. The Hall–Kier alpha value is -3.98. The summed E-state index contributed by atoms with van der Waals surface area (Å²) in [6, 6.07) is 12.2. The van der Waals surface area contributed by atoms with Crippen LogP contribution in [0.15, 0.2) is 42.6 Å². The normalized spacial score (nSPS) is 17.1. The molecule has 37 heavy (non-hydrogen) atoms. The van der Waals surface area contributed by atoms with Gasteiger partial charge < -0.3 is 20.3 Å². The molecule has 1 atom stereocenters. The first-order valence-electron chi connectivity index (χ1n) is 12.9. The molecule has 3 N–H and O–H groups in total. The first kappa shape index (κ1) is 23.4. The van der Waals surface area contributed by atoms with Gasteiger partial charge >= 0.3 is 6.03 Å². The van der Waals surface area contributed by atoms with Gasteiger partial charge in [-0.25, -0.2) is 9.78 Å². The maximum atomic E-state index is 12.6. The summed E-state index contributed by atoms with van der Waals surface area (Å²) in [5, 5.41) is 14.0. The summed E-state index contributed by atoms with van der Waals surface area (Å²) < 4.78 is 5.75. The Kier molecular flexibility index (Phi) is 6.21. The first-order valence-corrected chi connectivity index (χ1v) is 12.9. The number of aromatic amines is 1. The van der Waals surface area contributed by atoms with Crippen molar-refractivity contribution in [2.75, 3.05) is 33.3 Å². The molecule has 9 nitrogen and oxygen atoms in total. The van der Waals surface area contributed by atoms with Gasteiger partial charge in [0.25, 0.3) is 0 Å². The number of hydrogen-bond donors (Lipinski definition) is 3. The van der Waals surface area contributed by atoms with Crippen molar-refractivity contribution in [3.05, 3.63) is 59.4 Å². The monoisotopic (exact) mass is 497 g/mol. The lowest BCUT2D eigenvalue weighted by Gasteiger charge is -2.35. The van der Waals surface area contributed by atoms with Gasteiger partial charge in [-0.05, 0) is 49.4 Å². The number of nitrogens with zero attached hydrogens (tertiary/aromatic N) is 4. The van der Waals surface area contributed by atoms with Crippen LogP contribution in [-0.4, -0.2) is 64.4 Å². The number of nitrogens with one attached hydrogen (secondary N) is 3. The van der Waals surface area contributed by atoms with Gasteiger partial charge in [0, 0.05) is 49.6 Å². The van der Waals surface area contributed by atoms with Crippen LogP contribution in [0, 0.1) is 0 Å². The molecule has 6 rings (SSSR count). The van der Waals surface area contributed by atoms with Crippen LogP contribution < -0.4 is 15.4 Å². The summed E-state index contributed by atoms with van der Waals surface area (Å²) in [7, 11) is 1.68. The Balaban J connectivity index is 1.37. The first-order chi connectivity index (χ1) is 18.2. The number of ether oxygens (including phenoxy) is 1. The van der Waals surface area contributed by atoms with E-state index in [0.717, 1.165) is 64.4 Å². The molecular formula is C28H31N7O2. The van der Waals surface area contributed by atoms with Crippen molar-refractivity contribution >= 4 is 17.1 Å². The predicted octanol–water partition coefficient (Wildman–Crippen LogP) is 3.86. The smallest absolute Gasteiger partial charge is 0.318 e. The Morgan fingerprint density at radius 3 is 2.95 bits per heavy atom. The molecule has 4 heterocycles. The average molecular weight is 498 g/mol. The number of carbonyl (C=O) groups excluding carboxylic acids is 1. The molecule has 1 fully saturated rings. The number of H-pyrrole nitrogens is 1. The number of rotatable bonds is 5. The molecule has 2 amide bonds. The predicted molar refractivity (Wildman–Crippen MR) is 143 cm³/mol. The van der Waals surface area contributed by atoms with Crippen LogP contribution in [0.25, 0.3) is 33.5 Å². The maximum absolute atomic E-state index is 12.6. The van der Waals surface area contributed by atoms with Crippen molar-refractivity contribution in [2.24, 2.45) is 0 Å². The van der Waals surface area contributed by atoms with Crippen molar-refractivity contribution < 1.29 is 9.53 Å². The third kappa shape index (κ3) is 4.19. The van der Waals surface area contributed by atoms with Crippen LogP contribution in [0.1, 0.15) is 36.2 Å². The van der Waals surface area contributed by atoms with E-state index in [9.17, 15) is 4.79 Å². The van der Waals surface area contributed by atoms with Crippen molar-refractivity contribution in [1.82, 2.24) is 35.7 Å². The zero-order valence-corrected chi connectivity index (χ0v) is 21.2. The molecule has 0 radical (unpaired) electrons. The number of aryl methyl sites for hydroxylation is 1. The SMILES string of the molecule is CCNC(=O)N1CCNCC1c1ccc(-c2n[nH]c3cc(OC)c(-c4cccc5c4CCC5)nc23)cn1. The second kappa shape index (κ2) is 9.82. The fraction of sp³-hybridized carbons (Fsp3) is 0.357. The van der Waals surface area contributed by atoms with Crippen LogP contribution in [0.2, 0.25) is 0 Å². The molecule has 0 spiro atoms. The van der Waals surface area contributed by atoms with Crippen LogP contribution in [-0.2, 0) is 12.8 Å². The van der Waals surface area contributed by atoms with Gasteiger partial charge in [0.05, 0.1) is 24.4 Å². The van der Waals surface area contributed by atoms with E-state index in [0.29, 0.717) is 19.6 Å². The number of aromatic nitrogens is 4. The van der Waals surface area contributed by atoms with Gasteiger partial charge in [0.1, 0.15) is 22.7 Å². The molecule has 3 aromatic heterocycles. The number of methoxy groups -OCH3 is 1. The number of urea groups is 1. The Bertz CT molecular complexity index is 1450. The van der Waals surface area contributed by atoms with E-state index in [-0.39, 0.29) is 12.1 Å². The number of benzene rings is 1. The van der Waals surface area contributed by atoms with Crippen LogP contribution in [0.5, 0.6) is 5.75 Å². The summed E-state index contributed by atoms with van der Waals surface area (Å²) in [6.07, 6.45) is 5.15. The zero-order valence-electron chi connectivity index (χ0n) is 21.2. The molecule has 2 aliphatic rings. The van der Waals surface area contributed by atoms with Crippen molar-refractivity contribution in [3.8, 4) is 28.3 Å². The minimum atomic E-state index is -0.126. The quantitative estimate of drug-likeness (QED) is 0.387. The van der Waals surface area contributed by atoms with Gasteiger partial charge in [0.15, 0.2) is 0 Å². The van der Waals surface area contributed by atoms with E-state index in [4.69, 9.17) is 14.7 Å². The standard InChI is InChI=1S/C28H31N7O2/c1-3-30-28(36)35-13-12-29-16-23(35)21-11-10-18(15-31-21)25-27-22(33-34-25)14-24(37-2)26(32-27)20-9-5-7-17-6-4-8-19(17)20/h5,7,9-11,14-15,23,29H,3-4,6,8,12-13,16H2,1-2H3,(H,30,36)(H,33,34). The average Bonchev–Trinajstić information content (AvgIpc) is 3.59. The molecule has 190 valence electrons. The number of amides is 2. The van der Waals surface area contributed by atoms with Gasteiger partial charge in [-0.3, -0.25) is 10.1 Å². The van der Waals surface area contributed by atoms with Gasteiger partial charge in [-0.15, -0.1) is 0 Å².